The number of anilines is 1. The van der Waals surface area contributed by atoms with Gasteiger partial charge in [0.05, 0.1) is 0 Å². The van der Waals surface area contributed by atoms with Gasteiger partial charge in [0, 0.05) is 18.2 Å². The van der Waals surface area contributed by atoms with Crippen LogP contribution in [0, 0.1) is 5.82 Å². The molecule has 0 aliphatic rings. The fraction of sp³-hybridized carbons (Fsp3) is 0.278. The third-order valence-corrected chi connectivity index (χ3v) is 3.24. The van der Waals surface area contributed by atoms with Crippen molar-refractivity contribution >= 4 is 24.0 Å². The monoisotopic (exact) mass is 352 g/mol. The van der Waals surface area contributed by atoms with Crippen molar-refractivity contribution in [2.24, 2.45) is 0 Å². The van der Waals surface area contributed by atoms with Crippen LogP contribution in [0.3, 0.4) is 0 Å². The lowest BCUT2D eigenvalue weighted by atomic mass is 10.2. The number of rotatable bonds is 8. The summed E-state index contributed by atoms with van der Waals surface area (Å²) in [7, 11) is 1.86. The van der Waals surface area contributed by atoms with E-state index in [1.54, 1.807) is 12.1 Å². The number of halogens is 2. The minimum absolute atomic E-state index is 0. The average molecular weight is 353 g/mol. The Bertz CT molecular complexity index is 652. The van der Waals surface area contributed by atoms with E-state index in [0.29, 0.717) is 18.8 Å². The molecule has 0 aromatic heterocycles. The summed E-state index contributed by atoms with van der Waals surface area (Å²) in [5.41, 5.74) is 1.64. The van der Waals surface area contributed by atoms with Crippen molar-refractivity contribution in [1.82, 2.24) is 5.32 Å². The zero-order valence-corrected chi connectivity index (χ0v) is 14.4. The highest BCUT2D eigenvalue weighted by Crippen LogP contribution is 2.16. The van der Waals surface area contributed by atoms with Gasteiger partial charge in [-0.25, -0.2) is 4.39 Å². The zero-order valence-electron chi connectivity index (χ0n) is 13.5. The maximum absolute atomic E-state index is 13.1. The first-order valence-electron chi connectivity index (χ1n) is 7.59. The molecule has 2 aromatic carbocycles. The quantitative estimate of drug-likeness (QED) is 0.711. The minimum Gasteiger partial charge on any atom is -0.489 e. The molecular formula is C18H22ClFN2O2. The molecule has 1 amide bonds. The van der Waals surface area contributed by atoms with E-state index in [2.05, 4.69) is 10.6 Å². The lowest BCUT2D eigenvalue weighted by Gasteiger charge is -2.09. The largest absolute Gasteiger partial charge is 0.489 e. The second-order valence-corrected chi connectivity index (χ2v) is 5.20. The first-order chi connectivity index (χ1) is 11.2. The van der Waals surface area contributed by atoms with Crippen molar-refractivity contribution < 1.29 is 13.9 Å². The molecule has 2 N–H and O–H groups in total. The van der Waals surface area contributed by atoms with Crippen LogP contribution in [0.25, 0.3) is 0 Å². The van der Waals surface area contributed by atoms with E-state index < -0.39 is 0 Å². The highest BCUT2D eigenvalue weighted by molar-refractivity contribution is 5.90. The number of ether oxygens (including phenoxy) is 1. The average Bonchev–Trinajstić information content (AvgIpc) is 2.54. The van der Waals surface area contributed by atoms with Crippen LogP contribution in [0.4, 0.5) is 10.1 Å². The number of benzene rings is 2. The van der Waals surface area contributed by atoms with Gasteiger partial charge in [0.1, 0.15) is 18.2 Å². The highest BCUT2D eigenvalue weighted by Gasteiger charge is 2.03. The van der Waals surface area contributed by atoms with Crippen molar-refractivity contribution in [2.75, 3.05) is 18.9 Å². The summed E-state index contributed by atoms with van der Waals surface area (Å²) in [5.74, 6) is 0.139. The third-order valence-electron chi connectivity index (χ3n) is 3.24. The Morgan fingerprint density at radius 2 is 1.96 bits per heavy atom. The Balaban J connectivity index is 0.00000288. The smallest absolute Gasteiger partial charge is 0.224 e. The van der Waals surface area contributed by atoms with Crippen molar-refractivity contribution in [2.45, 2.75) is 19.4 Å². The van der Waals surface area contributed by atoms with Gasteiger partial charge in [-0.1, -0.05) is 18.2 Å². The molecular weight excluding hydrogens is 331 g/mol. The molecule has 6 heteroatoms. The number of hydrogen-bond acceptors (Lipinski definition) is 3. The molecule has 0 aliphatic carbocycles. The van der Waals surface area contributed by atoms with Crippen LogP contribution in [0.15, 0.2) is 48.5 Å². The summed E-state index contributed by atoms with van der Waals surface area (Å²) < 4.78 is 18.6. The molecule has 2 aromatic rings. The Morgan fingerprint density at radius 3 is 2.71 bits per heavy atom. The summed E-state index contributed by atoms with van der Waals surface area (Å²) in [6.07, 6.45) is 1.27. The second-order valence-electron chi connectivity index (χ2n) is 5.20. The normalized spacial score (nSPS) is 9.92. The minimum atomic E-state index is -0.329. The van der Waals surface area contributed by atoms with Crippen LogP contribution in [-0.4, -0.2) is 19.5 Å². The predicted molar refractivity (Wildman–Crippen MR) is 96.2 cm³/mol. The van der Waals surface area contributed by atoms with Gasteiger partial charge < -0.3 is 15.4 Å². The van der Waals surface area contributed by atoms with E-state index in [-0.39, 0.29) is 24.1 Å². The molecule has 0 heterocycles. The molecule has 0 aliphatic heterocycles. The van der Waals surface area contributed by atoms with Crippen molar-refractivity contribution in [3.63, 3.8) is 0 Å². The van der Waals surface area contributed by atoms with Crippen LogP contribution in [0.1, 0.15) is 18.4 Å². The molecule has 0 unspecified atom stereocenters. The lowest BCUT2D eigenvalue weighted by molar-refractivity contribution is -0.116. The summed E-state index contributed by atoms with van der Waals surface area (Å²) >= 11 is 0. The van der Waals surface area contributed by atoms with Gasteiger partial charge in [0.25, 0.3) is 0 Å². The molecule has 0 saturated heterocycles. The molecule has 24 heavy (non-hydrogen) atoms. The number of nitrogens with one attached hydrogen (secondary N) is 2. The van der Waals surface area contributed by atoms with E-state index in [1.807, 2.05) is 31.3 Å². The van der Waals surface area contributed by atoms with Gasteiger partial charge in [-0.15, -0.1) is 12.4 Å². The van der Waals surface area contributed by atoms with Gasteiger partial charge in [0.15, 0.2) is 0 Å². The molecule has 0 saturated carbocycles. The summed E-state index contributed by atoms with van der Waals surface area (Å²) in [5, 5.41) is 5.88. The maximum atomic E-state index is 13.1. The molecule has 130 valence electrons. The van der Waals surface area contributed by atoms with Crippen LogP contribution in [0.5, 0.6) is 5.75 Å². The number of amides is 1. The summed E-state index contributed by atoms with van der Waals surface area (Å²) in [6.45, 7) is 1.13. The Labute approximate surface area is 147 Å². The van der Waals surface area contributed by atoms with E-state index >= 15 is 0 Å². The van der Waals surface area contributed by atoms with E-state index in [1.165, 1.54) is 12.1 Å². The maximum Gasteiger partial charge on any atom is 0.224 e. The van der Waals surface area contributed by atoms with Gasteiger partial charge in [0.2, 0.25) is 5.91 Å². The second kappa shape index (κ2) is 10.6. The predicted octanol–water partition coefficient (Wildman–Crippen LogP) is 3.76. The van der Waals surface area contributed by atoms with E-state index in [4.69, 9.17) is 4.74 Å². The Kier molecular flexibility index (Phi) is 8.83. The van der Waals surface area contributed by atoms with Gasteiger partial charge in [-0.05, 0) is 49.8 Å². The van der Waals surface area contributed by atoms with Gasteiger partial charge >= 0.3 is 0 Å². The van der Waals surface area contributed by atoms with Crippen LogP contribution in [0.2, 0.25) is 0 Å². The third kappa shape index (κ3) is 6.98. The summed E-state index contributed by atoms with van der Waals surface area (Å²) in [4.78, 5) is 11.8. The SMILES string of the molecule is CNCCCC(=O)Nc1cccc(COc2cccc(F)c2)c1.Cl. The van der Waals surface area contributed by atoms with Crippen molar-refractivity contribution in [1.29, 1.82) is 0 Å². The lowest BCUT2D eigenvalue weighted by Crippen LogP contribution is -2.15. The zero-order chi connectivity index (χ0) is 16.5. The van der Waals surface area contributed by atoms with Crippen molar-refractivity contribution in [3.8, 4) is 5.75 Å². The molecule has 0 bridgehead atoms. The molecule has 0 fully saturated rings. The van der Waals surface area contributed by atoms with Crippen LogP contribution < -0.4 is 15.4 Å². The molecule has 0 atom stereocenters. The molecule has 4 nitrogen and oxygen atoms in total. The Morgan fingerprint density at radius 1 is 1.17 bits per heavy atom. The first kappa shape index (κ1) is 19.9. The number of carbonyl (C=O) groups excluding carboxylic acids is 1. The molecule has 0 radical (unpaired) electrons. The summed E-state index contributed by atoms with van der Waals surface area (Å²) in [6, 6.07) is 13.5. The Hall–Kier alpha value is -2.11. The van der Waals surface area contributed by atoms with E-state index in [0.717, 1.165) is 24.2 Å². The molecule has 2 rings (SSSR count). The number of carbonyl (C=O) groups is 1. The fourth-order valence-corrected chi connectivity index (χ4v) is 2.11. The van der Waals surface area contributed by atoms with Crippen molar-refractivity contribution in [3.05, 3.63) is 59.9 Å². The van der Waals surface area contributed by atoms with Crippen LogP contribution in [-0.2, 0) is 11.4 Å². The number of hydrogen-bond donors (Lipinski definition) is 2. The van der Waals surface area contributed by atoms with Gasteiger partial charge in [-0.2, -0.15) is 0 Å². The fourth-order valence-electron chi connectivity index (χ4n) is 2.11. The van der Waals surface area contributed by atoms with Gasteiger partial charge in [-0.3, -0.25) is 4.79 Å². The standard InChI is InChI=1S/C18H21FN2O2.ClH/c1-20-10-4-9-18(22)21-16-7-2-5-14(11-16)13-23-17-8-3-6-15(19)12-17;/h2-3,5-8,11-12,20H,4,9-10,13H2,1H3,(H,21,22);1H. The highest BCUT2D eigenvalue weighted by atomic mass is 35.5. The molecule has 0 spiro atoms. The van der Waals surface area contributed by atoms with E-state index in [9.17, 15) is 9.18 Å². The van der Waals surface area contributed by atoms with Crippen LogP contribution >= 0.6 is 12.4 Å². The first-order valence-corrected chi connectivity index (χ1v) is 7.59. The topological polar surface area (TPSA) is 50.4 Å².